The Morgan fingerprint density at radius 1 is 1.30 bits per heavy atom. The first kappa shape index (κ1) is 19.2. The minimum Gasteiger partial charge on any atom is -0.508 e. The molecular formula is C21H25NO5. The molecule has 0 radical (unpaired) electrons. The van der Waals surface area contributed by atoms with Crippen LogP contribution in [-0.2, 0) is 19.1 Å². The first-order valence-electron chi connectivity index (χ1n) is 9.30. The fourth-order valence-corrected chi connectivity index (χ4v) is 3.71. The predicted octanol–water partition coefficient (Wildman–Crippen LogP) is 2.94. The molecule has 27 heavy (non-hydrogen) atoms. The van der Waals surface area contributed by atoms with Crippen molar-refractivity contribution < 1.29 is 24.2 Å². The summed E-state index contributed by atoms with van der Waals surface area (Å²) in [5.41, 5.74) is 3.26. The van der Waals surface area contributed by atoms with Crippen LogP contribution < -0.4 is 5.32 Å². The van der Waals surface area contributed by atoms with Gasteiger partial charge in [-0.05, 0) is 44.4 Å². The van der Waals surface area contributed by atoms with Crippen molar-refractivity contribution in [3.8, 4) is 5.75 Å². The van der Waals surface area contributed by atoms with E-state index in [0.717, 1.165) is 18.5 Å². The zero-order valence-electron chi connectivity index (χ0n) is 15.7. The van der Waals surface area contributed by atoms with E-state index >= 15 is 0 Å². The Hall–Kier alpha value is -2.60. The highest BCUT2D eigenvalue weighted by Gasteiger charge is 2.39. The number of hydrogen-bond acceptors (Lipinski definition) is 6. The molecule has 0 saturated carbocycles. The van der Waals surface area contributed by atoms with Crippen molar-refractivity contribution >= 4 is 11.8 Å². The maximum atomic E-state index is 12.8. The van der Waals surface area contributed by atoms with Gasteiger partial charge >= 0.3 is 5.97 Å². The monoisotopic (exact) mass is 371 g/mol. The number of allylic oxidation sites excluding steroid dienone is 3. The van der Waals surface area contributed by atoms with E-state index in [1.165, 1.54) is 0 Å². The molecule has 144 valence electrons. The number of aromatic hydroxyl groups is 1. The second-order valence-corrected chi connectivity index (χ2v) is 6.69. The van der Waals surface area contributed by atoms with Crippen molar-refractivity contribution in [2.24, 2.45) is 0 Å². The molecule has 6 nitrogen and oxygen atoms in total. The maximum Gasteiger partial charge on any atom is 0.336 e. The van der Waals surface area contributed by atoms with Gasteiger partial charge < -0.3 is 19.9 Å². The Labute approximate surface area is 158 Å². The summed E-state index contributed by atoms with van der Waals surface area (Å²) in [5, 5.41) is 13.2. The number of ketones is 1. The minimum atomic E-state index is -0.541. The molecule has 1 aliphatic carbocycles. The molecule has 0 bridgehead atoms. The van der Waals surface area contributed by atoms with Gasteiger partial charge in [-0.3, -0.25) is 4.79 Å². The van der Waals surface area contributed by atoms with Gasteiger partial charge in [0.05, 0.1) is 12.2 Å². The fourth-order valence-electron chi connectivity index (χ4n) is 3.71. The highest BCUT2D eigenvalue weighted by molar-refractivity contribution is 6.03. The van der Waals surface area contributed by atoms with Crippen LogP contribution >= 0.6 is 0 Å². The van der Waals surface area contributed by atoms with Gasteiger partial charge in [-0.15, -0.1) is 0 Å². The molecule has 0 saturated heterocycles. The lowest BCUT2D eigenvalue weighted by Gasteiger charge is -2.34. The first-order valence-corrected chi connectivity index (χ1v) is 9.30. The standard InChI is InChI=1S/C21H25NO5/c1-3-26-10-11-27-21(25)18-13(2)22-16-8-5-9-17(24)20(16)19(18)14-6-4-7-15(23)12-14/h4,6-7,12,19,22-23H,3,5,8-11H2,1-2H3/t19-/m1/s1. The summed E-state index contributed by atoms with van der Waals surface area (Å²) in [6, 6.07) is 6.71. The topological polar surface area (TPSA) is 84.9 Å². The molecular weight excluding hydrogens is 346 g/mol. The van der Waals surface area contributed by atoms with Crippen LogP contribution in [0.3, 0.4) is 0 Å². The predicted molar refractivity (Wildman–Crippen MR) is 100 cm³/mol. The van der Waals surface area contributed by atoms with Gasteiger partial charge in [0.1, 0.15) is 12.4 Å². The molecule has 6 heteroatoms. The lowest BCUT2D eigenvalue weighted by Crippen LogP contribution is -2.34. The van der Waals surface area contributed by atoms with Gasteiger partial charge in [0, 0.05) is 35.9 Å². The number of dihydropyridines is 1. The fraction of sp³-hybridized carbons (Fsp3) is 0.429. The summed E-state index contributed by atoms with van der Waals surface area (Å²) in [5.74, 6) is -0.888. The van der Waals surface area contributed by atoms with Crippen molar-refractivity contribution in [1.29, 1.82) is 0 Å². The minimum absolute atomic E-state index is 0.0317. The number of phenolic OH excluding ortho intramolecular Hbond substituents is 1. The number of carbonyl (C=O) groups is 2. The van der Waals surface area contributed by atoms with E-state index in [1.807, 2.05) is 19.9 Å². The molecule has 0 amide bonds. The van der Waals surface area contributed by atoms with Crippen molar-refractivity contribution in [2.45, 2.75) is 39.0 Å². The van der Waals surface area contributed by atoms with E-state index in [1.54, 1.807) is 18.2 Å². The second-order valence-electron chi connectivity index (χ2n) is 6.69. The zero-order chi connectivity index (χ0) is 19.4. The highest BCUT2D eigenvalue weighted by Crippen LogP contribution is 2.43. The molecule has 3 rings (SSSR count). The molecule has 1 aliphatic heterocycles. The summed E-state index contributed by atoms with van der Waals surface area (Å²) in [6.07, 6.45) is 2.01. The van der Waals surface area contributed by atoms with Crippen LogP contribution in [0.4, 0.5) is 0 Å². The largest absolute Gasteiger partial charge is 0.508 e. The Morgan fingerprint density at radius 3 is 2.85 bits per heavy atom. The summed E-state index contributed by atoms with van der Waals surface area (Å²) < 4.78 is 10.6. The highest BCUT2D eigenvalue weighted by atomic mass is 16.6. The zero-order valence-corrected chi connectivity index (χ0v) is 15.7. The molecule has 0 unspecified atom stereocenters. The van der Waals surface area contributed by atoms with E-state index in [0.29, 0.717) is 42.0 Å². The molecule has 1 heterocycles. The third-order valence-electron chi connectivity index (χ3n) is 4.86. The average molecular weight is 371 g/mol. The third-order valence-corrected chi connectivity index (χ3v) is 4.86. The van der Waals surface area contributed by atoms with Gasteiger partial charge in [0.2, 0.25) is 0 Å². The van der Waals surface area contributed by atoms with Gasteiger partial charge in [0.25, 0.3) is 0 Å². The molecule has 0 spiro atoms. The first-order chi connectivity index (χ1) is 13.0. The second kappa shape index (κ2) is 8.39. The van der Waals surface area contributed by atoms with Gasteiger partial charge in [0.15, 0.2) is 5.78 Å². The number of rotatable bonds is 6. The Morgan fingerprint density at radius 2 is 2.11 bits per heavy atom. The van der Waals surface area contributed by atoms with Gasteiger partial charge in [-0.1, -0.05) is 12.1 Å². The molecule has 2 N–H and O–H groups in total. The smallest absolute Gasteiger partial charge is 0.336 e. The van der Waals surface area contributed by atoms with Crippen molar-refractivity contribution in [1.82, 2.24) is 5.32 Å². The SMILES string of the molecule is CCOCCOC(=O)C1=C(C)NC2=C(C(=O)CCC2)[C@@H]1c1cccc(O)c1. The number of carbonyl (C=O) groups excluding carboxylic acids is 2. The van der Waals surface area contributed by atoms with Crippen LogP contribution in [0.2, 0.25) is 0 Å². The number of benzene rings is 1. The van der Waals surface area contributed by atoms with Crippen LogP contribution in [0.15, 0.2) is 46.8 Å². The quantitative estimate of drug-likeness (QED) is 0.591. The van der Waals surface area contributed by atoms with Crippen molar-refractivity contribution in [3.05, 3.63) is 52.4 Å². The summed E-state index contributed by atoms with van der Waals surface area (Å²) >= 11 is 0. The number of hydrogen-bond donors (Lipinski definition) is 2. The molecule has 2 aliphatic rings. The van der Waals surface area contributed by atoms with Crippen LogP contribution in [0.1, 0.15) is 44.6 Å². The number of esters is 1. The van der Waals surface area contributed by atoms with Gasteiger partial charge in [-0.2, -0.15) is 0 Å². The van der Waals surface area contributed by atoms with Crippen LogP contribution in [0.5, 0.6) is 5.75 Å². The normalized spacial score (nSPS) is 19.6. The Balaban J connectivity index is 1.99. The number of phenols is 1. The summed E-state index contributed by atoms with van der Waals surface area (Å²) in [7, 11) is 0. The van der Waals surface area contributed by atoms with E-state index in [-0.39, 0.29) is 18.1 Å². The molecule has 0 aromatic heterocycles. The number of ether oxygens (including phenoxy) is 2. The average Bonchev–Trinajstić information content (AvgIpc) is 2.64. The lowest BCUT2D eigenvalue weighted by atomic mass is 9.75. The number of Topliss-reactive ketones (excluding diaryl/α,β-unsaturated/α-hetero) is 1. The molecule has 1 aromatic carbocycles. The van der Waals surface area contributed by atoms with Gasteiger partial charge in [-0.25, -0.2) is 4.79 Å². The lowest BCUT2D eigenvalue weighted by molar-refractivity contribution is -0.140. The van der Waals surface area contributed by atoms with Crippen LogP contribution in [-0.4, -0.2) is 36.7 Å². The number of nitrogens with one attached hydrogen (secondary N) is 1. The van der Waals surface area contributed by atoms with Crippen LogP contribution in [0, 0.1) is 0 Å². The third kappa shape index (κ3) is 4.06. The Kier molecular flexibility index (Phi) is 5.96. The van der Waals surface area contributed by atoms with Crippen molar-refractivity contribution in [2.75, 3.05) is 19.8 Å². The van der Waals surface area contributed by atoms with E-state index in [2.05, 4.69) is 5.32 Å². The molecule has 0 fully saturated rings. The van der Waals surface area contributed by atoms with E-state index in [9.17, 15) is 14.7 Å². The molecule has 1 aromatic rings. The van der Waals surface area contributed by atoms with E-state index < -0.39 is 11.9 Å². The summed E-state index contributed by atoms with van der Waals surface area (Å²) in [4.78, 5) is 25.6. The van der Waals surface area contributed by atoms with Crippen molar-refractivity contribution in [3.63, 3.8) is 0 Å². The van der Waals surface area contributed by atoms with E-state index in [4.69, 9.17) is 9.47 Å². The van der Waals surface area contributed by atoms with Crippen LogP contribution in [0.25, 0.3) is 0 Å². The molecule has 1 atom stereocenters. The Bertz CT molecular complexity index is 809. The maximum absolute atomic E-state index is 12.8. The summed E-state index contributed by atoms with van der Waals surface area (Å²) in [6.45, 7) is 4.72.